The van der Waals surface area contributed by atoms with E-state index in [-0.39, 0.29) is 0 Å². The molecule has 3 unspecified atom stereocenters. The summed E-state index contributed by atoms with van der Waals surface area (Å²) in [5, 5.41) is 46.3. The first-order valence-electron chi connectivity index (χ1n) is 4.31. The molecule has 0 aromatic carbocycles. The van der Waals surface area contributed by atoms with Crippen LogP contribution in [0, 0.1) is 0 Å². The van der Waals surface area contributed by atoms with Crippen molar-refractivity contribution in [3.63, 3.8) is 0 Å². The van der Waals surface area contributed by atoms with Crippen LogP contribution in [0.1, 0.15) is 0 Å². The van der Waals surface area contributed by atoms with E-state index in [1.54, 1.807) is 0 Å². The third-order valence-electron chi connectivity index (χ3n) is 2.34. The fraction of sp³-hybridized carbons (Fsp3) is 1.00. The molecule has 0 saturated heterocycles. The molecule has 6 atom stereocenters. The minimum atomic E-state index is -4.76. The average Bonchev–Trinajstić information content (AvgIpc) is 2.17. The minimum absolute atomic E-state index is 1.81. The van der Waals surface area contributed by atoms with Crippen LogP contribution in [0.4, 0.5) is 0 Å². The largest absolute Gasteiger partial charge is 0.567 e. The van der Waals surface area contributed by atoms with E-state index >= 15 is 0 Å². The average molecular weight is 261 g/mol. The zero-order valence-electron chi connectivity index (χ0n) is 7.90. The van der Waals surface area contributed by atoms with Crippen molar-refractivity contribution in [2.75, 3.05) is 0 Å². The molecule has 0 bridgehead atoms. The Labute approximate surface area is 90.5 Å². The number of aliphatic hydroxyl groups excluding tert-OH is 5. The van der Waals surface area contributed by atoms with Crippen LogP contribution in [0.2, 0.25) is 0 Å². The van der Waals surface area contributed by atoms with E-state index in [0.717, 1.165) is 0 Å². The molecule has 96 valence electrons. The summed E-state index contributed by atoms with van der Waals surface area (Å²) in [6.45, 7) is 0. The Morgan fingerprint density at radius 2 is 0.938 bits per heavy atom. The number of rotatable bonds is 2. The zero-order chi connectivity index (χ0) is 12.7. The molecule has 0 aromatic heterocycles. The normalized spacial score (nSPS) is 45.8. The van der Waals surface area contributed by atoms with Gasteiger partial charge < -0.3 is 25.5 Å². The molecule has 1 aliphatic carbocycles. The summed E-state index contributed by atoms with van der Waals surface area (Å²) < 4.78 is 4.14. The van der Waals surface area contributed by atoms with Crippen molar-refractivity contribution in [1.29, 1.82) is 0 Å². The van der Waals surface area contributed by atoms with Gasteiger partial charge in [0.05, 0.1) is 0 Å². The Hall–Kier alpha value is 0.0700. The predicted octanol–water partition coefficient (Wildman–Crippen LogP) is -4.16. The van der Waals surface area contributed by atoms with E-state index < -0.39 is 44.8 Å². The van der Waals surface area contributed by atoms with Gasteiger partial charge in [-0.2, -0.15) is 14.7 Å². The Kier molecular flexibility index (Phi) is 4.19. The van der Waals surface area contributed by atoms with Crippen molar-refractivity contribution >= 4 is 8.17 Å². The number of aliphatic hydroxyl groups is 5. The lowest BCUT2D eigenvalue weighted by molar-refractivity contribution is -0.221. The first kappa shape index (κ1) is 14.1. The van der Waals surface area contributed by atoms with E-state index in [4.69, 9.17) is 19.8 Å². The van der Waals surface area contributed by atoms with Gasteiger partial charge in [-0.25, -0.2) is 0 Å². The predicted molar refractivity (Wildman–Crippen MR) is 48.5 cm³/mol. The summed E-state index contributed by atoms with van der Waals surface area (Å²) in [7, 11) is -4.76. The highest BCUT2D eigenvalue weighted by molar-refractivity contribution is 7.53. The van der Waals surface area contributed by atoms with Gasteiger partial charge in [0.2, 0.25) is 0 Å². The molecule has 0 aliphatic heterocycles. The van der Waals surface area contributed by atoms with Crippen LogP contribution >= 0.6 is 8.17 Å². The molecule has 1 saturated carbocycles. The van der Waals surface area contributed by atoms with E-state index in [0.29, 0.717) is 0 Å². The highest BCUT2D eigenvalue weighted by Crippen LogP contribution is 2.49. The van der Waals surface area contributed by atoms with Crippen molar-refractivity contribution in [3.8, 4) is 0 Å². The van der Waals surface area contributed by atoms with Gasteiger partial charge in [-0.05, 0) is 0 Å². The SMILES string of the molecule is OC1C(O[P+](O)(O)O)[C@@H](O)[C@@H](O)C(O)[C@H]1O. The van der Waals surface area contributed by atoms with Crippen molar-refractivity contribution in [3.05, 3.63) is 0 Å². The zero-order valence-corrected chi connectivity index (χ0v) is 8.79. The maximum Gasteiger partial charge on any atom is 0.567 e. The molecule has 1 rings (SSSR count). The number of hydrogen-bond acceptors (Lipinski definition) is 9. The Bertz CT molecular complexity index is 227. The van der Waals surface area contributed by atoms with Crippen LogP contribution in [0.25, 0.3) is 0 Å². The highest BCUT2D eigenvalue weighted by Gasteiger charge is 2.54. The molecule has 8 N–H and O–H groups in total. The summed E-state index contributed by atoms with van der Waals surface area (Å²) in [5.41, 5.74) is 0. The van der Waals surface area contributed by atoms with Crippen molar-refractivity contribution < 1.29 is 44.7 Å². The fourth-order valence-electron chi connectivity index (χ4n) is 1.48. The molecule has 1 aliphatic rings. The highest BCUT2D eigenvalue weighted by atomic mass is 31.2. The van der Waals surface area contributed by atoms with Gasteiger partial charge in [0, 0.05) is 0 Å². The molecule has 0 radical (unpaired) electrons. The molecule has 0 amide bonds. The van der Waals surface area contributed by atoms with Gasteiger partial charge in [0.25, 0.3) is 0 Å². The third kappa shape index (κ3) is 2.84. The molecule has 0 heterocycles. The van der Waals surface area contributed by atoms with Crippen LogP contribution in [-0.2, 0) is 4.52 Å². The van der Waals surface area contributed by atoms with Crippen LogP contribution < -0.4 is 0 Å². The van der Waals surface area contributed by atoms with Gasteiger partial charge in [0.15, 0.2) is 6.10 Å². The van der Waals surface area contributed by atoms with E-state index in [1.165, 1.54) is 0 Å². The summed E-state index contributed by atoms with van der Waals surface area (Å²) in [6.07, 6.45) is -11.1. The first-order valence-corrected chi connectivity index (χ1v) is 5.87. The van der Waals surface area contributed by atoms with Gasteiger partial charge >= 0.3 is 8.17 Å². The molecule has 0 aromatic rings. The second kappa shape index (κ2) is 4.75. The van der Waals surface area contributed by atoms with E-state index in [2.05, 4.69) is 4.52 Å². The lowest BCUT2D eigenvalue weighted by Gasteiger charge is -2.39. The molecule has 0 spiro atoms. The summed E-state index contributed by atoms with van der Waals surface area (Å²) in [5.74, 6) is 0. The van der Waals surface area contributed by atoms with E-state index in [9.17, 15) is 20.4 Å². The molecular weight excluding hydrogens is 247 g/mol. The number of hydrogen-bond donors (Lipinski definition) is 8. The quantitative estimate of drug-likeness (QED) is 0.230. The van der Waals surface area contributed by atoms with Crippen LogP contribution in [0.3, 0.4) is 0 Å². The molecule has 1 fully saturated rings. The van der Waals surface area contributed by atoms with Crippen molar-refractivity contribution in [1.82, 2.24) is 0 Å². The van der Waals surface area contributed by atoms with E-state index in [1.807, 2.05) is 0 Å². The summed E-state index contributed by atoms with van der Waals surface area (Å²) >= 11 is 0. The lowest BCUT2D eigenvalue weighted by atomic mass is 9.85. The van der Waals surface area contributed by atoms with Crippen LogP contribution in [0.15, 0.2) is 0 Å². The van der Waals surface area contributed by atoms with Gasteiger partial charge in [-0.15, -0.1) is 4.52 Å². The topological polar surface area (TPSA) is 171 Å². The monoisotopic (exact) mass is 261 g/mol. The molecular formula is C6H14O9P+. The molecule has 10 heteroatoms. The Morgan fingerprint density at radius 3 is 1.25 bits per heavy atom. The fourth-order valence-corrected chi connectivity index (χ4v) is 2.06. The lowest BCUT2D eigenvalue weighted by Crippen LogP contribution is -2.64. The smallest absolute Gasteiger partial charge is 0.387 e. The maximum atomic E-state index is 9.34. The molecule has 9 nitrogen and oxygen atoms in total. The third-order valence-corrected chi connectivity index (χ3v) is 2.86. The van der Waals surface area contributed by atoms with Gasteiger partial charge in [0.1, 0.15) is 30.5 Å². The maximum absolute atomic E-state index is 9.34. The van der Waals surface area contributed by atoms with Crippen LogP contribution in [-0.4, -0.2) is 76.8 Å². The summed E-state index contributed by atoms with van der Waals surface area (Å²) in [6, 6.07) is 0. The van der Waals surface area contributed by atoms with Gasteiger partial charge in [-0.3, -0.25) is 0 Å². The van der Waals surface area contributed by atoms with Gasteiger partial charge in [-0.1, -0.05) is 0 Å². The van der Waals surface area contributed by atoms with Crippen LogP contribution in [0.5, 0.6) is 0 Å². The van der Waals surface area contributed by atoms with Crippen molar-refractivity contribution in [2.24, 2.45) is 0 Å². The Morgan fingerprint density at radius 1 is 0.625 bits per heavy atom. The molecule has 16 heavy (non-hydrogen) atoms. The standard InChI is InChI=1S/C6H14O9P/c7-1-2(8)4(10)6(5(11)3(1)9)15-16(12,13)14/h1-14H/q+1/t1?,2-,3+,4-,5?,6?/m0/s1. The van der Waals surface area contributed by atoms with Crippen molar-refractivity contribution in [2.45, 2.75) is 36.6 Å². The second-order valence-electron chi connectivity index (χ2n) is 3.54. The summed E-state index contributed by atoms with van der Waals surface area (Å²) in [4.78, 5) is 25.8. The second-order valence-corrected chi connectivity index (χ2v) is 4.77. The first-order chi connectivity index (χ1) is 7.15. The Balaban J connectivity index is 2.83. The minimum Gasteiger partial charge on any atom is -0.387 e.